The zero-order valence-corrected chi connectivity index (χ0v) is 18.7. The predicted octanol–water partition coefficient (Wildman–Crippen LogP) is 3.17. The zero-order chi connectivity index (χ0) is 23.2. The lowest BCUT2D eigenvalue weighted by Crippen LogP contribution is -2.49. The summed E-state index contributed by atoms with van der Waals surface area (Å²) in [5, 5.41) is 3.92. The minimum absolute atomic E-state index is 0.256. The smallest absolute Gasteiger partial charge is 0.332 e. The summed E-state index contributed by atoms with van der Waals surface area (Å²) < 4.78 is 5.00. The second-order valence-electron chi connectivity index (χ2n) is 8.57. The van der Waals surface area contributed by atoms with Crippen LogP contribution in [0.2, 0.25) is 0 Å². The van der Waals surface area contributed by atoms with Crippen LogP contribution in [0.3, 0.4) is 0 Å². The molecule has 2 aliphatic rings. The summed E-state index contributed by atoms with van der Waals surface area (Å²) in [6.45, 7) is 3.29. The Morgan fingerprint density at radius 1 is 1.18 bits per heavy atom. The molecule has 1 aromatic heterocycles. The van der Waals surface area contributed by atoms with Crippen LogP contribution in [0.5, 0.6) is 0 Å². The van der Waals surface area contributed by atoms with Gasteiger partial charge < -0.3 is 19.9 Å². The van der Waals surface area contributed by atoms with Crippen molar-refractivity contribution in [1.29, 1.82) is 0 Å². The summed E-state index contributed by atoms with van der Waals surface area (Å²) in [4.78, 5) is 46.0. The van der Waals surface area contributed by atoms with Crippen molar-refractivity contribution in [2.45, 2.75) is 25.3 Å². The summed E-state index contributed by atoms with van der Waals surface area (Å²) in [5.41, 5.74) is 2.47. The van der Waals surface area contributed by atoms with Crippen LogP contribution in [0.4, 0.5) is 10.5 Å². The second kappa shape index (κ2) is 8.04. The highest BCUT2D eigenvalue weighted by molar-refractivity contribution is 6.24. The Hall–Kier alpha value is -3.65. The van der Waals surface area contributed by atoms with E-state index in [1.54, 1.807) is 43.2 Å². The Bertz CT molecular complexity index is 1270. The second-order valence-corrected chi connectivity index (χ2v) is 8.57. The van der Waals surface area contributed by atoms with Gasteiger partial charge in [0.1, 0.15) is 0 Å². The molecular weight excluding hydrogens is 420 g/mol. The van der Waals surface area contributed by atoms with E-state index in [0.717, 1.165) is 22.2 Å². The average Bonchev–Trinajstić information content (AvgIpc) is 3.30. The number of benzene rings is 2. The number of anilines is 1. The number of aromatic amines is 1. The molecule has 3 aromatic rings. The average molecular weight is 447 g/mol. The Morgan fingerprint density at radius 2 is 2.00 bits per heavy atom. The number of imide groups is 1. The van der Waals surface area contributed by atoms with Crippen molar-refractivity contribution in [1.82, 2.24) is 15.2 Å². The van der Waals surface area contributed by atoms with Crippen LogP contribution < -0.4 is 10.2 Å². The molecule has 170 valence electrons. The highest BCUT2D eigenvalue weighted by Gasteiger charge is 2.59. The number of aromatic nitrogens is 1. The van der Waals surface area contributed by atoms with Gasteiger partial charge in [-0.2, -0.15) is 0 Å². The molecule has 0 aliphatic carbocycles. The SMILES string of the molecule is COCCCNC(=O)c1cccc(N2C(=O)N3CCc4c([nH]c5ccccc45)C3(C)C2=O)c1. The molecule has 1 saturated heterocycles. The van der Waals surface area contributed by atoms with Crippen molar-refractivity contribution < 1.29 is 19.1 Å². The Balaban J connectivity index is 1.48. The first-order chi connectivity index (χ1) is 16.0. The molecule has 3 heterocycles. The monoisotopic (exact) mass is 446 g/mol. The zero-order valence-electron chi connectivity index (χ0n) is 18.7. The number of nitrogens with zero attached hydrogens (tertiary/aromatic N) is 2. The molecule has 8 nitrogen and oxygen atoms in total. The lowest BCUT2D eigenvalue weighted by molar-refractivity contribution is -0.125. The first-order valence-corrected chi connectivity index (χ1v) is 11.1. The van der Waals surface area contributed by atoms with Crippen LogP contribution >= 0.6 is 0 Å². The number of carbonyl (C=O) groups is 3. The number of hydrogen-bond donors (Lipinski definition) is 2. The van der Waals surface area contributed by atoms with Gasteiger partial charge in [0.2, 0.25) is 0 Å². The lowest BCUT2D eigenvalue weighted by atomic mass is 9.87. The van der Waals surface area contributed by atoms with Gasteiger partial charge in [0.05, 0.1) is 11.4 Å². The highest BCUT2D eigenvalue weighted by Crippen LogP contribution is 2.45. The maximum Gasteiger partial charge on any atom is 0.332 e. The molecular formula is C25H26N4O4. The summed E-state index contributed by atoms with van der Waals surface area (Å²) in [5.74, 6) is -0.577. The largest absolute Gasteiger partial charge is 0.385 e. The number of rotatable bonds is 6. The van der Waals surface area contributed by atoms with Gasteiger partial charge in [-0.3, -0.25) is 9.59 Å². The molecule has 2 N–H and O–H groups in total. The van der Waals surface area contributed by atoms with Crippen LogP contribution in [0.25, 0.3) is 10.9 Å². The fourth-order valence-corrected chi connectivity index (χ4v) is 4.93. The molecule has 8 heteroatoms. The van der Waals surface area contributed by atoms with E-state index in [0.29, 0.717) is 43.8 Å². The van der Waals surface area contributed by atoms with Crippen molar-refractivity contribution >= 4 is 34.4 Å². The van der Waals surface area contributed by atoms with Gasteiger partial charge >= 0.3 is 6.03 Å². The number of fused-ring (bicyclic) bond motifs is 5. The maximum atomic E-state index is 13.8. The van der Waals surface area contributed by atoms with Crippen molar-refractivity contribution in [3.05, 3.63) is 65.4 Å². The van der Waals surface area contributed by atoms with E-state index < -0.39 is 5.54 Å². The van der Waals surface area contributed by atoms with E-state index in [1.165, 1.54) is 4.90 Å². The summed E-state index contributed by atoms with van der Waals surface area (Å²) in [6, 6.07) is 14.2. The molecule has 0 saturated carbocycles. The van der Waals surface area contributed by atoms with Gasteiger partial charge in [-0.25, -0.2) is 9.69 Å². The van der Waals surface area contributed by atoms with Crippen molar-refractivity contribution in [3.63, 3.8) is 0 Å². The number of hydrogen-bond acceptors (Lipinski definition) is 4. The van der Waals surface area contributed by atoms with Gasteiger partial charge in [0.25, 0.3) is 11.8 Å². The number of methoxy groups -OCH3 is 1. The molecule has 5 rings (SSSR count). The number of ether oxygens (including phenoxy) is 1. The number of amides is 4. The van der Waals surface area contributed by atoms with Crippen LogP contribution in [-0.4, -0.2) is 54.5 Å². The summed E-state index contributed by atoms with van der Waals surface area (Å²) in [7, 11) is 1.61. The molecule has 0 radical (unpaired) electrons. The van der Waals surface area contributed by atoms with E-state index >= 15 is 0 Å². The molecule has 2 aromatic carbocycles. The topological polar surface area (TPSA) is 94.7 Å². The third kappa shape index (κ3) is 3.21. The van der Waals surface area contributed by atoms with Crippen molar-refractivity contribution in [3.8, 4) is 0 Å². The van der Waals surface area contributed by atoms with Crippen LogP contribution in [0, 0.1) is 0 Å². The molecule has 4 amide bonds. The Morgan fingerprint density at radius 3 is 2.82 bits per heavy atom. The summed E-state index contributed by atoms with van der Waals surface area (Å²) in [6.07, 6.45) is 1.37. The Labute approximate surface area is 191 Å². The van der Waals surface area contributed by atoms with Crippen LogP contribution in [0.1, 0.15) is 35.0 Å². The summed E-state index contributed by atoms with van der Waals surface area (Å²) >= 11 is 0. The van der Waals surface area contributed by atoms with Gasteiger partial charge in [0, 0.05) is 43.3 Å². The number of carbonyl (C=O) groups excluding carboxylic acids is 3. The number of H-pyrrole nitrogens is 1. The fraction of sp³-hybridized carbons (Fsp3) is 0.320. The van der Waals surface area contributed by atoms with Gasteiger partial charge in [0.15, 0.2) is 5.54 Å². The lowest BCUT2D eigenvalue weighted by Gasteiger charge is -2.35. The van der Waals surface area contributed by atoms with Crippen molar-refractivity contribution in [2.75, 3.05) is 31.7 Å². The Kier molecular flexibility index (Phi) is 5.17. The van der Waals surface area contributed by atoms with Crippen molar-refractivity contribution in [2.24, 2.45) is 0 Å². The molecule has 0 bridgehead atoms. The highest BCUT2D eigenvalue weighted by atomic mass is 16.5. The third-order valence-corrected chi connectivity index (χ3v) is 6.64. The number of urea groups is 1. The van der Waals surface area contributed by atoms with Gasteiger partial charge in [-0.1, -0.05) is 24.3 Å². The van der Waals surface area contributed by atoms with E-state index in [2.05, 4.69) is 10.3 Å². The molecule has 0 spiro atoms. The van der Waals surface area contributed by atoms with Gasteiger partial charge in [-0.05, 0) is 49.6 Å². The molecule has 33 heavy (non-hydrogen) atoms. The van der Waals surface area contributed by atoms with Gasteiger partial charge in [-0.15, -0.1) is 0 Å². The molecule has 1 unspecified atom stereocenters. The number of para-hydroxylation sites is 1. The van der Waals surface area contributed by atoms with E-state index in [4.69, 9.17) is 4.74 Å². The number of nitrogens with one attached hydrogen (secondary N) is 2. The maximum absolute atomic E-state index is 13.8. The first kappa shape index (κ1) is 21.2. The standard InChI is InChI=1S/C25H26N4O4/c1-25-21-19(18-9-3-4-10-20(18)27-21)11-13-28(25)24(32)29(23(25)31)17-8-5-7-16(15-17)22(30)26-12-6-14-33-2/h3-5,7-10,15,27H,6,11-14H2,1-2H3,(H,26,30). The molecule has 1 fully saturated rings. The van der Waals surface area contributed by atoms with E-state index in [9.17, 15) is 14.4 Å². The molecule has 2 aliphatic heterocycles. The van der Waals surface area contributed by atoms with E-state index in [1.807, 2.05) is 24.3 Å². The van der Waals surface area contributed by atoms with E-state index in [-0.39, 0.29) is 17.8 Å². The fourth-order valence-electron chi connectivity index (χ4n) is 4.93. The minimum Gasteiger partial charge on any atom is -0.385 e. The minimum atomic E-state index is -1.12. The first-order valence-electron chi connectivity index (χ1n) is 11.1. The molecule has 1 atom stereocenters. The third-order valence-electron chi connectivity index (χ3n) is 6.64. The predicted molar refractivity (Wildman–Crippen MR) is 124 cm³/mol. The van der Waals surface area contributed by atoms with Crippen LogP contribution in [0.15, 0.2) is 48.5 Å². The quantitative estimate of drug-likeness (QED) is 0.449. The van der Waals surface area contributed by atoms with Crippen LogP contribution in [-0.2, 0) is 21.5 Å². The normalized spacial score (nSPS) is 19.7.